The van der Waals surface area contributed by atoms with E-state index in [0.717, 1.165) is 177 Å². The van der Waals surface area contributed by atoms with Gasteiger partial charge < -0.3 is 34.5 Å². The lowest BCUT2D eigenvalue weighted by atomic mass is 10.0. The van der Waals surface area contributed by atoms with E-state index in [1.54, 1.807) is 9.80 Å². The zero-order valence-electron chi connectivity index (χ0n) is 41.7. The van der Waals surface area contributed by atoms with Crippen molar-refractivity contribution in [3.05, 3.63) is 109 Å². The zero-order chi connectivity index (χ0) is 46.7. The minimum atomic E-state index is -0.192. The molecule has 73 heavy (non-hydrogen) atoms. The van der Waals surface area contributed by atoms with Gasteiger partial charge in [-0.25, -0.2) is 9.59 Å². The number of rotatable bonds is 16. The van der Waals surface area contributed by atoms with Crippen LogP contribution < -0.4 is 19.3 Å². The van der Waals surface area contributed by atoms with Crippen molar-refractivity contribution in [2.24, 2.45) is 0 Å². The summed E-state index contributed by atoms with van der Waals surface area (Å²) in [4.78, 5) is 66.6. The van der Waals surface area contributed by atoms with Gasteiger partial charge in [0.2, 0.25) is 0 Å². The molecule has 2 atom stereocenters. The van der Waals surface area contributed by atoms with Gasteiger partial charge in [-0.15, -0.1) is 49.6 Å². The Hall–Kier alpha value is -5.00. The highest BCUT2D eigenvalue weighted by Gasteiger charge is 2.46. The lowest BCUT2D eigenvalue weighted by Gasteiger charge is -2.36. The maximum Gasteiger partial charge on any atom is 0.327 e. The first-order valence-electron chi connectivity index (χ1n) is 25.2. The fourth-order valence-corrected chi connectivity index (χ4v) is 10.6. The largest absolute Gasteiger partial charge is 0.455 e. The van der Waals surface area contributed by atoms with Crippen LogP contribution in [0.3, 0.4) is 0 Å². The highest BCUT2D eigenvalue weighted by Crippen LogP contribution is 2.35. The maximum absolute atomic E-state index is 12.6. The molecule has 0 aromatic heterocycles. The van der Waals surface area contributed by atoms with Gasteiger partial charge in [-0.1, -0.05) is 60.7 Å². The molecule has 6 amide bonds. The third-order valence-corrected chi connectivity index (χ3v) is 14.4. The molecule has 10 rings (SSSR count). The SMILES string of the molecule is Cl.Cl.Cl.Cl.O.O=C1C2CCCCN2C(=O)N1CCCCN1CCN(c2ccccc2Oc2ccccc2)CC1.O=C1C2CCCCN2C(=O)N1CCCCN1CCN(c2ccccc2Oc2ccccc2)CC1. The Kier molecular flexibility index (Phi) is 24.7. The van der Waals surface area contributed by atoms with Crippen LogP contribution in [0.25, 0.3) is 0 Å². The van der Waals surface area contributed by atoms with Crippen LogP contribution in [0.1, 0.15) is 64.2 Å². The van der Waals surface area contributed by atoms with Crippen molar-refractivity contribution >= 4 is 84.9 Å². The molecule has 15 nitrogen and oxygen atoms in total. The van der Waals surface area contributed by atoms with E-state index in [1.807, 2.05) is 84.9 Å². The number of halogens is 4. The molecular formula is C54H74Cl4N8O7. The third-order valence-electron chi connectivity index (χ3n) is 14.4. The zero-order valence-corrected chi connectivity index (χ0v) is 44.9. The number of benzene rings is 4. The second kappa shape index (κ2) is 29.8. The number of hydrogen-bond acceptors (Lipinski definition) is 10. The van der Waals surface area contributed by atoms with Gasteiger partial charge in [-0.05, 0) is 126 Å². The number of imide groups is 2. The summed E-state index contributed by atoms with van der Waals surface area (Å²) in [5, 5.41) is 0. The summed E-state index contributed by atoms with van der Waals surface area (Å²) in [5.74, 6) is 3.51. The molecule has 4 aromatic carbocycles. The van der Waals surface area contributed by atoms with Gasteiger partial charge in [-0.2, -0.15) is 0 Å². The van der Waals surface area contributed by atoms with Crippen molar-refractivity contribution in [3.8, 4) is 23.0 Å². The number of hydrogen-bond donors (Lipinski definition) is 0. The Morgan fingerprint density at radius 3 is 1.11 bits per heavy atom. The van der Waals surface area contributed by atoms with E-state index in [2.05, 4.69) is 43.9 Å². The number of ether oxygens (including phenoxy) is 2. The third kappa shape index (κ3) is 15.1. The molecule has 6 aliphatic heterocycles. The lowest BCUT2D eigenvalue weighted by Crippen LogP contribution is -2.46. The molecule has 2 unspecified atom stereocenters. The number of carbonyl (C=O) groups is 4. The number of piperidine rings is 2. The van der Waals surface area contributed by atoms with Gasteiger partial charge in [0.15, 0.2) is 11.5 Å². The number of anilines is 2. The Labute approximate surface area is 456 Å². The van der Waals surface area contributed by atoms with E-state index in [-0.39, 0.29) is 91.1 Å². The average molecular weight is 1090 g/mol. The van der Waals surface area contributed by atoms with Crippen molar-refractivity contribution in [3.63, 3.8) is 0 Å². The maximum atomic E-state index is 12.6. The van der Waals surface area contributed by atoms with Gasteiger partial charge in [0.05, 0.1) is 11.4 Å². The van der Waals surface area contributed by atoms with Crippen molar-refractivity contribution in [1.29, 1.82) is 0 Å². The summed E-state index contributed by atoms with van der Waals surface area (Å²) in [5.41, 5.74) is 2.27. The Morgan fingerprint density at radius 2 is 0.740 bits per heavy atom. The Morgan fingerprint density at radius 1 is 0.397 bits per heavy atom. The average Bonchev–Trinajstić information content (AvgIpc) is 3.78. The highest BCUT2D eigenvalue weighted by molar-refractivity contribution is 6.05. The Bertz CT molecular complexity index is 2120. The summed E-state index contributed by atoms with van der Waals surface area (Å²) in [6.45, 7) is 12.4. The number of para-hydroxylation sites is 6. The van der Waals surface area contributed by atoms with Crippen LogP contribution in [0, 0.1) is 0 Å². The van der Waals surface area contributed by atoms with Crippen LogP contribution in [-0.4, -0.2) is 162 Å². The van der Waals surface area contributed by atoms with E-state index >= 15 is 0 Å². The molecule has 6 heterocycles. The van der Waals surface area contributed by atoms with Crippen LogP contribution in [0.15, 0.2) is 109 Å². The van der Waals surface area contributed by atoms with Crippen molar-refractivity contribution in [2.75, 3.05) is 101 Å². The predicted molar refractivity (Wildman–Crippen MR) is 297 cm³/mol. The fraction of sp³-hybridized carbons (Fsp3) is 0.481. The quantitative estimate of drug-likeness (QED) is 0.0787. The number of fused-ring (bicyclic) bond motifs is 2. The molecule has 0 saturated carbocycles. The second-order valence-corrected chi connectivity index (χ2v) is 18.8. The van der Waals surface area contributed by atoms with E-state index in [4.69, 9.17) is 9.47 Å². The second-order valence-electron chi connectivity index (χ2n) is 18.8. The number of nitrogens with zero attached hydrogens (tertiary/aromatic N) is 8. The first kappa shape index (κ1) is 60.6. The molecule has 6 fully saturated rings. The van der Waals surface area contributed by atoms with E-state index < -0.39 is 0 Å². The summed E-state index contributed by atoms with van der Waals surface area (Å²) >= 11 is 0. The molecule has 0 radical (unpaired) electrons. The molecule has 0 spiro atoms. The summed E-state index contributed by atoms with van der Waals surface area (Å²) in [6.07, 6.45) is 9.49. The molecule has 19 heteroatoms. The summed E-state index contributed by atoms with van der Waals surface area (Å²) in [7, 11) is 0. The molecule has 4 aromatic rings. The van der Waals surface area contributed by atoms with Crippen LogP contribution >= 0.6 is 49.6 Å². The molecule has 400 valence electrons. The van der Waals surface area contributed by atoms with Crippen LogP contribution in [0.5, 0.6) is 23.0 Å². The molecule has 2 N–H and O–H groups in total. The number of carbonyl (C=O) groups excluding carboxylic acids is 4. The normalized spacial score (nSPS) is 19.7. The Balaban J connectivity index is 0.000000296. The topological polar surface area (TPSA) is 144 Å². The smallest absolute Gasteiger partial charge is 0.327 e. The van der Waals surface area contributed by atoms with Crippen molar-refractivity contribution in [2.45, 2.75) is 76.3 Å². The molecule has 6 aliphatic rings. The molecule has 6 saturated heterocycles. The van der Waals surface area contributed by atoms with Gasteiger partial charge in [0.1, 0.15) is 23.6 Å². The lowest BCUT2D eigenvalue weighted by molar-refractivity contribution is -0.129. The molecular weight excluding hydrogens is 1010 g/mol. The van der Waals surface area contributed by atoms with Crippen LogP contribution in [-0.2, 0) is 9.59 Å². The monoisotopic (exact) mass is 1090 g/mol. The number of unbranched alkanes of at least 4 members (excludes halogenated alkanes) is 2. The molecule has 0 bridgehead atoms. The first-order chi connectivity index (χ1) is 33.4. The molecule has 0 aliphatic carbocycles. The highest BCUT2D eigenvalue weighted by atomic mass is 35.5. The number of piperazine rings is 2. The number of amides is 6. The minimum absolute atomic E-state index is 0. The predicted octanol–water partition coefficient (Wildman–Crippen LogP) is 9.26. The van der Waals surface area contributed by atoms with Gasteiger partial charge >= 0.3 is 12.1 Å². The summed E-state index contributed by atoms with van der Waals surface area (Å²) in [6, 6.07) is 35.8. The standard InChI is InChI=1S/2C27H34N4O3.4ClH.H2O/c2*32-26-24-13-6-7-16-30(24)27(33)31(26)17-9-8-15-28-18-20-29(21-19-28)23-12-4-5-14-25(23)34-22-10-2-1-3-11-22;;;;;/h2*1-5,10-12,14,24H,6-9,13,15-21H2;4*1H;1H2. The first-order valence-corrected chi connectivity index (χ1v) is 25.2. The van der Waals surface area contributed by atoms with E-state index in [1.165, 1.54) is 9.80 Å². The number of urea groups is 2. The van der Waals surface area contributed by atoms with E-state index in [0.29, 0.717) is 13.1 Å². The summed E-state index contributed by atoms with van der Waals surface area (Å²) < 4.78 is 12.3. The fourth-order valence-electron chi connectivity index (χ4n) is 10.6. The van der Waals surface area contributed by atoms with Gasteiger partial charge in [0.25, 0.3) is 11.8 Å². The van der Waals surface area contributed by atoms with Crippen molar-refractivity contribution in [1.82, 2.24) is 29.4 Å². The van der Waals surface area contributed by atoms with Crippen LogP contribution in [0.2, 0.25) is 0 Å². The van der Waals surface area contributed by atoms with Gasteiger partial charge in [-0.3, -0.25) is 29.2 Å². The van der Waals surface area contributed by atoms with Crippen LogP contribution in [0.4, 0.5) is 21.0 Å². The van der Waals surface area contributed by atoms with E-state index in [9.17, 15) is 19.2 Å². The minimum Gasteiger partial charge on any atom is -0.455 e. The van der Waals surface area contributed by atoms with Crippen molar-refractivity contribution < 1.29 is 34.1 Å². The van der Waals surface area contributed by atoms with Gasteiger partial charge in [0, 0.05) is 78.5 Å².